The molecule has 0 bridgehead atoms. The first-order valence-electron chi connectivity index (χ1n) is 8.41. The second kappa shape index (κ2) is 6.22. The topological polar surface area (TPSA) is 68.0 Å². The van der Waals surface area contributed by atoms with Gasteiger partial charge in [0.05, 0.1) is 30.9 Å². The highest BCUT2D eigenvalue weighted by Gasteiger charge is 2.48. The zero-order valence-corrected chi connectivity index (χ0v) is 13.4. The summed E-state index contributed by atoms with van der Waals surface area (Å²) in [6.07, 6.45) is 2.19. The molecule has 4 rings (SSSR count). The highest BCUT2D eigenvalue weighted by molar-refractivity contribution is 5.78. The van der Waals surface area contributed by atoms with Gasteiger partial charge in [0.1, 0.15) is 5.76 Å². The number of carbonyl (C=O) groups excluding carboxylic acids is 1. The fourth-order valence-electron chi connectivity index (χ4n) is 3.85. The molecule has 1 amide bonds. The summed E-state index contributed by atoms with van der Waals surface area (Å²) in [5.41, 5.74) is 0.935. The van der Waals surface area contributed by atoms with Crippen molar-refractivity contribution in [2.75, 3.05) is 32.8 Å². The monoisotopic (exact) mass is 321 g/mol. The van der Waals surface area contributed by atoms with E-state index in [0.29, 0.717) is 19.8 Å². The van der Waals surface area contributed by atoms with Gasteiger partial charge in [0, 0.05) is 38.2 Å². The summed E-state index contributed by atoms with van der Waals surface area (Å²) in [6, 6.07) is 1.96. The molecule has 3 fully saturated rings. The van der Waals surface area contributed by atoms with Crippen LogP contribution in [0.1, 0.15) is 24.3 Å². The summed E-state index contributed by atoms with van der Waals surface area (Å²) in [6.45, 7) is 6.22. The fourth-order valence-corrected chi connectivity index (χ4v) is 3.85. The van der Waals surface area contributed by atoms with Crippen LogP contribution in [0.5, 0.6) is 0 Å². The van der Waals surface area contributed by atoms with E-state index in [2.05, 4.69) is 10.1 Å². The molecule has 3 aliphatic rings. The van der Waals surface area contributed by atoms with Crippen LogP contribution in [0.3, 0.4) is 0 Å². The van der Waals surface area contributed by atoms with Crippen LogP contribution in [0.15, 0.2) is 10.6 Å². The maximum atomic E-state index is 12.7. The maximum absolute atomic E-state index is 12.7. The minimum atomic E-state index is -0.0813. The van der Waals surface area contributed by atoms with Crippen LogP contribution in [0, 0.1) is 18.8 Å². The van der Waals surface area contributed by atoms with Crippen molar-refractivity contribution in [3.63, 3.8) is 0 Å². The van der Waals surface area contributed by atoms with E-state index in [0.717, 1.165) is 43.9 Å². The van der Waals surface area contributed by atoms with Crippen LogP contribution < -0.4 is 0 Å². The Hall–Kier alpha value is -1.44. The first-order valence-corrected chi connectivity index (χ1v) is 8.41. The van der Waals surface area contributed by atoms with E-state index in [-0.39, 0.29) is 23.8 Å². The molecule has 0 spiro atoms. The molecule has 0 N–H and O–H groups in total. The zero-order chi connectivity index (χ0) is 15.8. The molecule has 23 heavy (non-hydrogen) atoms. The van der Waals surface area contributed by atoms with Crippen LogP contribution in [0.25, 0.3) is 0 Å². The standard InChI is InChI=1S/C16H23N3O4/c1-11-6-12(17-23-11)7-18-8-13-14(10-21-15(13)9-18)16(20)19-4-2-3-5-22-19/h6,13-15H,2-5,7-10H2,1H3/t13-,14+,15-/m0/s1. The SMILES string of the molecule is Cc1cc(CN2C[C@@H]3[C@H](C2)OC[C@H]3C(=O)N2CCCCO2)no1. The number of carbonyl (C=O) groups is 1. The Morgan fingerprint density at radius 1 is 1.39 bits per heavy atom. The molecule has 7 nitrogen and oxygen atoms in total. The van der Waals surface area contributed by atoms with Gasteiger partial charge in [-0.05, 0) is 19.8 Å². The average Bonchev–Trinajstić information content (AvgIpc) is 3.24. The third-order valence-electron chi connectivity index (χ3n) is 5.02. The summed E-state index contributed by atoms with van der Waals surface area (Å²) in [5, 5.41) is 5.61. The number of hydrogen-bond donors (Lipinski definition) is 0. The molecule has 4 heterocycles. The largest absolute Gasteiger partial charge is 0.376 e. The van der Waals surface area contributed by atoms with Gasteiger partial charge in [0.25, 0.3) is 5.91 Å². The number of fused-ring (bicyclic) bond motifs is 1. The lowest BCUT2D eigenvalue weighted by Crippen LogP contribution is -2.42. The van der Waals surface area contributed by atoms with Crippen molar-refractivity contribution in [2.24, 2.45) is 11.8 Å². The average molecular weight is 321 g/mol. The van der Waals surface area contributed by atoms with Crippen LogP contribution >= 0.6 is 0 Å². The molecule has 1 aromatic rings. The van der Waals surface area contributed by atoms with E-state index in [9.17, 15) is 4.79 Å². The molecule has 0 saturated carbocycles. The van der Waals surface area contributed by atoms with Crippen LogP contribution in [0.4, 0.5) is 0 Å². The summed E-state index contributed by atoms with van der Waals surface area (Å²) in [4.78, 5) is 20.5. The van der Waals surface area contributed by atoms with Crippen molar-refractivity contribution >= 4 is 5.91 Å². The van der Waals surface area contributed by atoms with Gasteiger partial charge < -0.3 is 9.26 Å². The minimum absolute atomic E-state index is 0.0813. The Morgan fingerprint density at radius 3 is 3.04 bits per heavy atom. The first-order chi connectivity index (χ1) is 11.2. The summed E-state index contributed by atoms with van der Waals surface area (Å²) < 4.78 is 11.0. The number of likely N-dealkylation sites (tertiary alicyclic amines) is 1. The molecular formula is C16H23N3O4. The van der Waals surface area contributed by atoms with Gasteiger partial charge in [-0.2, -0.15) is 0 Å². The quantitative estimate of drug-likeness (QED) is 0.827. The lowest BCUT2D eigenvalue weighted by atomic mass is 9.92. The first kappa shape index (κ1) is 15.1. The minimum Gasteiger partial charge on any atom is -0.376 e. The Bertz CT molecular complexity index is 569. The fraction of sp³-hybridized carbons (Fsp3) is 0.750. The van der Waals surface area contributed by atoms with Crippen molar-refractivity contribution in [2.45, 2.75) is 32.4 Å². The van der Waals surface area contributed by atoms with Crippen molar-refractivity contribution in [3.05, 3.63) is 17.5 Å². The third-order valence-corrected chi connectivity index (χ3v) is 5.02. The van der Waals surface area contributed by atoms with E-state index in [1.807, 2.05) is 13.0 Å². The van der Waals surface area contributed by atoms with Crippen molar-refractivity contribution < 1.29 is 18.9 Å². The zero-order valence-electron chi connectivity index (χ0n) is 13.4. The van der Waals surface area contributed by atoms with Gasteiger partial charge in [-0.15, -0.1) is 0 Å². The molecule has 7 heteroatoms. The number of rotatable bonds is 3. The lowest BCUT2D eigenvalue weighted by Gasteiger charge is -2.29. The van der Waals surface area contributed by atoms with Gasteiger partial charge in [0.2, 0.25) is 0 Å². The highest BCUT2D eigenvalue weighted by Crippen LogP contribution is 2.35. The lowest BCUT2D eigenvalue weighted by molar-refractivity contribution is -0.202. The van der Waals surface area contributed by atoms with E-state index in [1.165, 1.54) is 0 Å². The number of hydrogen-bond acceptors (Lipinski definition) is 6. The molecule has 0 unspecified atom stereocenters. The predicted octanol–water partition coefficient (Wildman–Crippen LogP) is 0.984. The molecule has 3 aliphatic heterocycles. The molecule has 0 radical (unpaired) electrons. The van der Waals surface area contributed by atoms with Crippen molar-refractivity contribution in [3.8, 4) is 0 Å². The van der Waals surface area contributed by atoms with E-state index in [4.69, 9.17) is 14.1 Å². The Balaban J connectivity index is 1.38. The normalized spacial score (nSPS) is 31.5. The van der Waals surface area contributed by atoms with E-state index in [1.54, 1.807) is 5.06 Å². The van der Waals surface area contributed by atoms with Crippen LogP contribution in [-0.4, -0.2) is 60.0 Å². The molecule has 0 aliphatic carbocycles. The van der Waals surface area contributed by atoms with Gasteiger partial charge in [-0.25, -0.2) is 5.06 Å². The van der Waals surface area contributed by atoms with Gasteiger partial charge >= 0.3 is 0 Å². The highest BCUT2D eigenvalue weighted by atomic mass is 16.7. The predicted molar refractivity (Wildman–Crippen MR) is 80.1 cm³/mol. The van der Waals surface area contributed by atoms with Gasteiger partial charge in [-0.3, -0.25) is 14.5 Å². The third kappa shape index (κ3) is 3.00. The molecule has 0 aromatic carbocycles. The number of ether oxygens (including phenoxy) is 1. The number of nitrogens with zero attached hydrogens (tertiary/aromatic N) is 3. The van der Waals surface area contributed by atoms with Crippen LogP contribution in [0.2, 0.25) is 0 Å². The van der Waals surface area contributed by atoms with Gasteiger partial charge in [0.15, 0.2) is 0 Å². The Morgan fingerprint density at radius 2 is 2.30 bits per heavy atom. The van der Waals surface area contributed by atoms with E-state index >= 15 is 0 Å². The Kier molecular flexibility index (Phi) is 4.09. The summed E-state index contributed by atoms with van der Waals surface area (Å²) in [7, 11) is 0. The van der Waals surface area contributed by atoms with Crippen molar-refractivity contribution in [1.29, 1.82) is 0 Å². The van der Waals surface area contributed by atoms with E-state index < -0.39 is 0 Å². The second-order valence-electron chi connectivity index (χ2n) is 6.75. The molecule has 126 valence electrons. The molecular weight excluding hydrogens is 298 g/mol. The smallest absolute Gasteiger partial charge is 0.251 e. The van der Waals surface area contributed by atoms with Crippen LogP contribution in [-0.2, 0) is 20.9 Å². The second-order valence-corrected chi connectivity index (χ2v) is 6.75. The Labute approximate surface area is 135 Å². The van der Waals surface area contributed by atoms with Crippen molar-refractivity contribution in [1.82, 2.24) is 15.1 Å². The molecule has 3 saturated heterocycles. The number of aryl methyl sites for hydroxylation is 1. The number of amides is 1. The summed E-state index contributed by atoms with van der Waals surface area (Å²) in [5.74, 6) is 1.09. The number of hydroxylamine groups is 2. The summed E-state index contributed by atoms with van der Waals surface area (Å²) >= 11 is 0. The molecule has 1 aromatic heterocycles. The number of aromatic nitrogens is 1. The van der Waals surface area contributed by atoms with Gasteiger partial charge in [-0.1, -0.05) is 5.16 Å². The molecule has 3 atom stereocenters. The maximum Gasteiger partial charge on any atom is 0.251 e.